The first kappa shape index (κ1) is 22.2. The fourth-order valence-electron chi connectivity index (χ4n) is 4.08. The van der Waals surface area contributed by atoms with Gasteiger partial charge in [-0.1, -0.05) is 24.3 Å². The Labute approximate surface area is 193 Å². The Balaban J connectivity index is 1.32. The van der Waals surface area contributed by atoms with Gasteiger partial charge >= 0.3 is 0 Å². The number of hydrogen-bond acceptors (Lipinski definition) is 5. The van der Waals surface area contributed by atoms with Gasteiger partial charge in [-0.2, -0.15) is 0 Å². The number of methoxy groups -OCH3 is 1. The normalized spacial score (nSPS) is 14.8. The van der Waals surface area contributed by atoms with E-state index in [1.807, 2.05) is 54.6 Å². The number of rotatable bonds is 7. The number of carbonyl (C=O) groups is 2. The SMILES string of the molecule is COc1cccc(-c2cccc(NC(=O)C3CCN(Cc4csc(C(C)=O)c4)CC3)c2)c1. The third-order valence-electron chi connectivity index (χ3n) is 5.90. The van der Waals surface area contributed by atoms with E-state index in [1.54, 1.807) is 14.0 Å². The number of thiophene rings is 1. The Morgan fingerprint density at radius 2 is 1.78 bits per heavy atom. The average molecular weight is 449 g/mol. The summed E-state index contributed by atoms with van der Waals surface area (Å²) in [6.07, 6.45) is 1.68. The van der Waals surface area contributed by atoms with Crippen LogP contribution in [-0.2, 0) is 11.3 Å². The first-order valence-electron chi connectivity index (χ1n) is 10.9. The van der Waals surface area contributed by atoms with Crippen molar-refractivity contribution in [2.24, 2.45) is 5.92 Å². The van der Waals surface area contributed by atoms with E-state index in [-0.39, 0.29) is 17.6 Å². The van der Waals surface area contributed by atoms with Crippen LogP contribution in [0.4, 0.5) is 5.69 Å². The Morgan fingerprint density at radius 1 is 1.06 bits per heavy atom. The van der Waals surface area contributed by atoms with Crippen LogP contribution in [0.25, 0.3) is 11.1 Å². The van der Waals surface area contributed by atoms with Gasteiger partial charge in [0.1, 0.15) is 5.75 Å². The number of piperidine rings is 1. The Bertz CT molecular complexity index is 1100. The van der Waals surface area contributed by atoms with Crippen molar-refractivity contribution in [3.8, 4) is 16.9 Å². The van der Waals surface area contributed by atoms with E-state index in [2.05, 4.69) is 15.6 Å². The number of nitrogens with zero attached hydrogens (tertiary/aromatic N) is 1. The molecule has 0 spiro atoms. The van der Waals surface area contributed by atoms with E-state index in [9.17, 15) is 9.59 Å². The highest BCUT2D eigenvalue weighted by molar-refractivity contribution is 7.12. The van der Waals surface area contributed by atoms with E-state index >= 15 is 0 Å². The van der Waals surface area contributed by atoms with E-state index in [0.29, 0.717) is 0 Å². The maximum absolute atomic E-state index is 12.9. The number of anilines is 1. The molecule has 1 saturated heterocycles. The van der Waals surface area contributed by atoms with Crippen LogP contribution in [-0.4, -0.2) is 36.8 Å². The molecule has 32 heavy (non-hydrogen) atoms. The van der Waals surface area contributed by atoms with Gasteiger partial charge in [-0.15, -0.1) is 11.3 Å². The molecule has 166 valence electrons. The van der Waals surface area contributed by atoms with Crippen LogP contribution in [0.5, 0.6) is 5.75 Å². The van der Waals surface area contributed by atoms with Crippen molar-refractivity contribution < 1.29 is 14.3 Å². The van der Waals surface area contributed by atoms with Gasteiger partial charge in [0.2, 0.25) is 5.91 Å². The summed E-state index contributed by atoms with van der Waals surface area (Å²) in [5, 5.41) is 5.17. The summed E-state index contributed by atoms with van der Waals surface area (Å²) in [4.78, 5) is 27.5. The predicted octanol–water partition coefficient (Wildman–Crippen LogP) is 5.48. The number of amides is 1. The zero-order valence-electron chi connectivity index (χ0n) is 18.5. The number of carbonyl (C=O) groups excluding carboxylic acids is 2. The highest BCUT2D eigenvalue weighted by Crippen LogP contribution is 2.27. The number of nitrogens with one attached hydrogen (secondary N) is 1. The molecule has 1 fully saturated rings. The minimum Gasteiger partial charge on any atom is -0.497 e. The zero-order chi connectivity index (χ0) is 22.5. The van der Waals surface area contributed by atoms with Gasteiger partial charge in [-0.25, -0.2) is 0 Å². The molecule has 0 aliphatic carbocycles. The number of benzene rings is 2. The van der Waals surface area contributed by atoms with Crippen molar-refractivity contribution in [2.45, 2.75) is 26.3 Å². The smallest absolute Gasteiger partial charge is 0.227 e. The van der Waals surface area contributed by atoms with Crippen molar-refractivity contribution in [1.82, 2.24) is 4.90 Å². The van der Waals surface area contributed by atoms with Crippen molar-refractivity contribution in [3.05, 3.63) is 70.4 Å². The molecule has 1 N–H and O–H groups in total. The lowest BCUT2D eigenvalue weighted by Gasteiger charge is -2.31. The van der Waals surface area contributed by atoms with Gasteiger partial charge in [0.25, 0.3) is 0 Å². The van der Waals surface area contributed by atoms with E-state index < -0.39 is 0 Å². The molecule has 1 aromatic heterocycles. The van der Waals surface area contributed by atoms with Gasteiger partial charge in [0.05, 0.1) is 12.0 Å². The van der Waals surface area contributed by atoms with Gasteiger partial charge in [-0.05, 0) is 85.3 Å². The minimum atomic E-state index is 0.0157. The number of ether oxygens (including phenoxy) is 1. The van der Waals surface area contributed by atoms with Gasteiger partial charge in [-0.3, -0.25) is 14.5 Å². The molecule has 0 saturated carbocycles. The number of ketones is 1. The second-order valence-electron chi connectivity index (χ2n) is 8.23. The Morgan fingerprint density at radius 3 is 2.47 bits per heavy atom. The lowest BCUT2D eigenvalue weighted by atomic mass is 9.95. The zero-order valence-corrected chi connectivity index (χ0v) is 19.3. The molecular formula is C26H28N2O3S. The van der Waals surface area contributed by atoms with Gasteiger partial charge in [0, 0.05) is 18.2 Å². The quantitative estimate of drug-likeness (QED) is 0.487. The summed E-state index contributed by atoms with van der Waals surface area (Å²) in [5.41, 5.74) is 4.08. The highest BCUT2D eigenvalue weighted by atomic mass is 32.1. The van der Waals surface area contributed by atoms with Crippen LogP contribution < -0.4 is 10.1 Å². The number of hydrogen-bond donors (Lipinski definition) is 1. The number of likely N-dealkylation sites (tertiary alicyclic amines) is 1. The molecular weight excluding hydrogens is 420 g/mol. The fraction of sp³-hybridized carbons (Fsp3) is 0.308. The van der Waals surface area contributed by atoms with Crippen LogP contribution in [0.15, 0.2) is 60.0 Å². The molecule has 1 amide bonds. The van der Waals surface area contributed by atoms with Crippen molar-refractivity contribution >= 4 is 28.7 Å². The number of Topliss-reactive ketones (excluding diaryl/α,β-unsaturated/α-hetero) is 1. The standard InChI is InChI=1S/C26H28N2O3S/c1-18(29)25-13-19(17-32-25)16-28-11-9-20(10-12-28)26(30)27-23-7-3-5-21(14-23)22-6-4-8-24(15-22)31-2/h3-8,13-15,17,20H,9-12,16H2,1-2H3,(H,27,30). The molecule has 1 aliphatic rings. The summed E-state index contributed by atoms with van der Waals surface area (Å²) in [6.45, 7) is 4.20. The van der Waals surface area contributed by atoms with Crippen LogP contribution in [0.3, 0.4) is 0 Å². The molecule has 0 unspecified atom stereocenters. The van der Waals surface area contributed by atoms with Crippen LogP contribution >= 0.6 is 11.3 Å². The lowest BCUT2D eigenvalue weighted by molar-refractivity contribution is -0.121. The Kier molecular flexibility index (Phi) is 7.02. The largest absolute Gasteiger partial charge is 0.497 e. The second kappa shape index (κ2) is 10.1. The maximum atomic E-state index is 12.9. The first-order valence-corrected chi connectivity index (χ1v) is 11.8. The van der Waals surface area contributed by atoms with Crippen molar-refractivity contribution in [1.29, 1.82) is 0 Å². The molecule has 6 heteroatoms. The second-order valence-corrected chi connectivity index (χ2v) is 9.14. The van der Waals surface area contributed by atoms with Crippen LogP contribution in [0, 0.1) is 5.92 Å². The lowest BCUT2D eigenvalue weighted by Crippen LogP contribution is -2.37. The highest BCUT2D eigenvalue weighted by Gasteiger charge is 2.25. The summed E-state index contributed by atoms with van der Waals surface area (Å²) < 4.78 is 5.32. The molecule has 1 aliphatic heterocycles. The van der Waals surface area contributed by atoms with Crippen LogP contribution in [0.2, 0.25) is 0 Å². The molecule has 4 rings (SSSR count). The van der Waals surface area contributed by atoms with Crippen molar-refractivity contribution in [2.75, 3.05) is 25.5 Å². The maximum Gasteiger partial charge on any atom is 0.227 e. The molecule has 3 aromatic rings. The average Bonchev–Trinajstić information content (AvgIpc) is 3.28. The van der Waals surface area contributed by atoms with Crippen LogP contribution in [0.1, 0.15) is 35.0 Å². The Hall–Kier alpha value is -2.96. The van der Waals surface area contributed by atoms with Crippen molar-refractivity contribution in [3.63, 3.8) is 0 Å². The third-order valence-corrected chi connectivity index (χ3v) is 6.98. The molecule has 2 aromatic carbocycles. The molecule has 0 atom stereocenters. The topological polar surface area (TPSA) is 58.6 Å². The fourth-order valence-corrected chi connectivity index (χ4v) is 4.88. The third kappa shape index (κ3) is 5.44. The van der Waals surface area contributed by atoms with E-state index in [0.717, 1.165) is 59.9 Å². The summed E-state index contributed by atoms with van der Waals surface area (Å²) in [5.74, 6) is 1.03. The van der Waals surface area contributed by atoms with E-state index in [1.165, 1.54) is 16.9 Å². The van der Waals surface area contributed by atoms with E-state index in [4.69, 9.17) is 4.74 Å². The molecule has 0 bridgehead atoms. The monoisotopic (exact) mass is 448 g/mol. The summed E-state index contributed by atoms with van der Waals surface area (Å²) in [6, 6.07) is 17.8. The molecule has 0 radical (unpaired) electrons. The molecule has 2 heterocycles. The first-order chi connectivity index (χ1) is 15.5. The predicted molar refractivity (Wildman–Crippen MR) is 129 cm³/mol. The van der Waals surface area contributed by atoms with Gasteiger partial charge in [0.15, 0.2) is 5.78 Å². The summed E-state index contributed by atoms with van der Waals surface area (Å²) in [7, 11) is 1.66. The minimum absolute atomic E-state index is 0.0157. The van der Waals surface area contributed by atoms with Gasteiger partial charge < -0.3 is 10.1 Å². The summed E-state index contributed by atoms with van der Waals surface area (Å²) >= 11 is 1.51. The molecule has 5 nitrogen and oxygen atoms in total.